The zero-order chi connectivity index (χ0) is 28.4. The van der Waals surface area contributed by atoms with Gasteiger partial charge in [-0.05, 0) is 48.4 Å². The summed E-state index contributed by atoms with van der Waals surface area (Å²) in [6.07, 6.45) is 3.64. The highest BCUT2D eigenvalue weighted by Gasteiger charge is 2.37. The Balaban J connectivity index is 1.41. The highest BCUT2D eigenvalue weighted by Crippen LogP contribution is 2.33. The average molecular weight is 596 g/mol. The minimum atomic E-state index is -0.731. The van der Waals surface area contributed by atoms with Crippen molar-refractivity contribution in [3.63, 3.8) is 0 Å². The van der Waals surface area contributed by atoms with Crippen LogP contribution in [0.2, 0.25) is 9.36 Å². The number of hydrogen-bond donors (Lipinski definition) is 1. The van der Waals surface area contributed by atoms with Gasteiger partial charge >= 0.3 is 0 Å². The zero-order valence-corrected chi connectivity index (χ0v) is 23.9. The van der Waals surface area contributed by atoms with E-state index in [1.54, 1.807) is 60.8 Å². The summed E-state index contributed by atoms with van der Waals surface area (Å²) in [7, 11) is 1.54. The van der Waals surface area contributed by atoms with Gasteiger partial charge in [-0.25, -0.2) is 4.98 Å². The molecule has 1 aromatic carbocycles. The lowest BCUT2D eigenvalue weighted by Crippen LogP contribution is -2.44. The molecule has 2 amide bonds. The van der Waals surface area contributed by atoms with Gasteiger partial charge in [0.05, 0.1) is 33.0 Å². The second-order valence-electron chi connectivity index (χ2n) is 9.33. The Morgan fingerprint density at radius 1 is 1.15 bits per heavy atom. The van der Waals surface area contributed by atoms with Gasteiger partial charge in [0.1, 0.15) is 11.6 Å². The third-order valence-electron chi connectivity index (χ3n) is 6.62. The molecular formula is C29H24Cl2N4O4S. The number of nitrogens with zero attached hydrogens (tertiary/aromatic N) is 3. The Hall–Kier alpha value is -3.79. The first-order valence-corrected chi connectivity index (χ1v) is 13.9. The lowest BCUT2D eigenvalue weighted by atomic mass is 10.0. The van der Waals surface area contributed by atoms with Gasteiger partial charge in [0.25, 0.3) is 11.8 Å². The predicted octanol–water partition coefficient (Wildman–Crippen LogP) is 5.79. The normalized spacial score (nSPS) is 15.0. The van der Waals surface area contributed by atoms with E-state index in [9.17, 15) is 14.4 Å². The van der Waals surface area contributed by atoms with E-state index in [2.05, 4.69) is 15.3 Å². The Morgan fingerprint density at radius 2 is 1.98 bits per heavy atom. The monoisotopic (exact) mass is 594 g/mol. The first-order valence-electron chi connectivity index (χ1n) is 12.4. The van der Waals surface area contributed by atoms with Crippen molar-refractivity contribution >= 4 is 58.0 Å². The number of ether oxygens (including phenoxy) is 1. The van der Waals surface area contributed by atoms with Crippen molar-refractivity contribution in [2.24, 2.45) is 0 Å². The molecule has 5 rings (SSSR count). The van der Waals surface area contributed by atoms with Crippen LogP contribution in [0.1, 0.15) is 42.4 Å². The van der Waals surface area contributed by atoms with Crippen LogP contribution in [0.25, 0.3) is 0 Å². The number of aryl methyl sites for hydroxylation is 1. The Morgan fingerprint density at radius 3 is 2.70 bits per heavy atom. The van der Waals surface area contributed by atoms with Crippen molar-refractivity contribution in [3.05, 3.63) is 103 Å². The summed E-state index contributed by atoms with van der Waals surface area (Å²) in [5, 5.41) is 2.93. The molecular weight excluding hydrogens is 571 g/mol. The van der Waals surface area contributed by atoms with Gasteiger partial charge in [0.2, 0.25) is 0 Å². The summed E-state index contributed by atoms with van der Waals surface area (Å²) in [5.41, 5.74) is 3.07. The van der Waals surface area contributed by atoms with Crippen LogP contribution < -0.4 is 10.1 Å². The van der Waals surface area contributed by atoms with E-state index in [4.69, 9.17) is 27.9 Å². The number of carbonyl (C=O) groups excluding carboxylic acids is 3. The van der Waals surface area contributed by atoms with Crippen LogP contribution in [0, 0.1) is 6.92 Å². The molecule has 0 bridgehead atoms. The molecule has 1 atom stereocenters. The number of amides is 2. The minimum Gasteiger partial charge on any atom is -0.496 e. The van der Waals surface area contributed by atoms with E-state index in [0.29, 0.717) is 37.6 Å². The molecule has 0 aliphatic carbocycles. The van der Waals surface area contributed by atoms with Crippen molar-refractivity contribution in [2.45, 2.75) is 32.4 Å². The Labute approximate surface area is 244 Å². The van der Waals surface area contributed by atoms with E-state index in [-0.39, 0.29) is 41.7 Å². The number of pyridine rings is 2. The molecule has 0 saturated carbocycles. The van der Waals surface area contributed by atoms with Crippen molar-refractivity contribution in [2.75, 3.05) is 12.4 Å². The second kappa shape index (κ2) is 11.8. The maximum Gasteiger partial charge on any atom is 0.265 e. The molecule has 0 radical (unpaired) electrons. The lowest BCUT2D eigenvalue weighted by molar-refractivity contribution is -0.122. The smallest absolute Gasteiger partial charge is 0.265 e. The largest absolute Gasteiger partial charge is 0.496 e. The molecule has 1 N–H and O–H groups in total. The van der Waals surface area contributed by atoms with Gasteiger partial charge in [0, 0.05) is 49.1 Å². The fourth-order valence-electron chi connectivity index (χ4n) is 4.60. The highest BCUT2D eigenvalue weighted by molar-refractivity contribution is 7.18. The Bertz CT molecular complexity index is 1610. The molecule has 0 saturated heterocycles. The molecule has 4 aromatic rings. The average Bonchev–Trinajstić information content (AvgIpc) is 3.27. The number of methoxy groups -OCH3 is 1. The first kappa shape index (κ1) is 27.8. The van der Waals surface area contributed by atoms with Crippen LogP contribution in [0.15, 0.2) is 60.9 Å². The fourth-order valence-corrected chi connectivity index (χ4v) is 6.11. The van der Waals surface area contributed by atoms with Crippen LogP contribution in [0.4, 0.5) is 5.82 Å². The van der Waals surface area contributed by atoms with Crippen LogP contribution in [-0.4, -0.2) is 45.6 Å². The standard InChI is InChI=1S/C29H24Cl2N4O4S/c1-16-14-33-26(13-24(16)39-2)34-28(37)20-7-6-17(9-21(20)30)15-35-22(12-19-5-3-4-8-32-19)23(36)10-18-11-25(31)40-27(18)29(35)38/h3-9,11,13-14,22H,10,12,15H2,1-2H3,(H,33,34,37). The molecule has 8 nitrogen and oxygen atoms in total. The summed E-state index contributed by atoms with van der Waals surface area (Å²) >= 11 is 13.9. The molecule has 204 valence electrons. The summed E-state index contributed by atoms with van der Waals surface area (Å²) < 4.78 is 5.75. The number of carbonyl (C=O) groups is 3. The van der Waals surface area contributed by atoms with Crippen LogP contribution in [0.3, 0.4) is 0 Å². The quantitative estimate of drug-likeness (QED) is 0.290. The summed E-state index contributed by atoms with van der Waals surface area (Å²) in [5.74, 6) is 0.0936. The maximum absolute atomic E-state index is 13.7. The van der Waals surface area contributed by atoms with E-state index < -0.39 is 11.9 Å². The number of aromatic nitrogens is 2. The number of fused-ring (bicyclic) bond motifs is 1. The number of rotatable bonds is 7. The van der Waals surface area contributed by atoms with Crippen molar-refractivity contribution < 1.29 is 19.1 Å². The van der Waals surface area contributed by atoms with E-state index in [0.717, 1.165) is 16.9 Å². The van der Waals surface area contributed by atoms with Gasteiger partial charge in [-0.15, -0.1) is 11.3 Å². The van der Waals surface area contributed by atoms with Gasteiger partial charge < -0.3 is 15.0 Å². The predicted molar refractivity (Wildman–Crippen MR) is 155 cm³/mol. The van der Waals surface area contributed by atoms with Crippen molar-refractivity contribution in [1.82, 2.24) is 14.9 Å². The number of anilines is 1. The number of nitrogens with one attached hydrogen (secondary N) is 1. The number of ketones is 1. The molecule has 3 aromatic heterocycles. The zero-order valence-electron chi connectivity index (χ0n) is 21.6. The molecule has 11 heteroatoms. The number of Topliss-reactive ketones (excluding diaryl/α,β-unsaturated/α-hetero) is 1. The molecule has 0 fully saturated rings. The van der Waals surface area contributed by atoms with Crippen molar-refractivity contribution in [3.8, 4) is 5.75 Å². The Kier molecular flexibility index (Phi) is 8.16. The third kappa shape index (κ3) is 5.86. The minimum absolute atomic E-state index is 0.102. The van der Waals surface area contributed by atoms with E-state index in [1.165, 1.54) is 0 Å². The van der Waals surface area contributed by atoms with Crippen LogP contribution in [-0.2, 0) is 24.2 Å². The summed E-state index contributed by atoms with van der Waals surface area (Å²) in [6, 6.07) is 13.0. The van der Waals surface area contributed by atoms with E-state index >= 15 is 0 Å². The number of hydrogen-bond acceptors (Lipinski definition) is 7. The maximum atomic E-state index is 13.7. The number of halogens is 2. The molecule has 1 aliphatic rings. The lowest BCUT2D eigenvalue weighted by Gasteiger charge is -2.29. The molecule has 40 heavy (non-hydrogen) atoms. The van der Waals surface area contributed by atoms with Crippen LogP contribution >= 0.6 is 34.5 Å². The highest BCUT2D eigenvalue weighted by atomic mass is 35.5. The topological polar surface area (TPSA) is 101 Å². The molecule has 1 aliphatic heterocycles. The van der Waals surface area contributed by atoms with Crippen LogP contribution in [0.5, 0.6) is 5.75 Å². The van der Waals surface area contributed by atoms with Gasteiger partial charge in [-0.1, -0.05) is 35.3 Å². The van der Waals surface area contributed by atoms with Gasteiger partial charge in [-0.2, -0.15) is 0 Å². The van der Waals surface area contributed by atoms with Gasteiger partial charge in [-0.3, -0.25) is 19.4 Å². The second-order valence-corrected chi connectivity index (χ2v) is 11.4. The summed E-state index contributed by atoms with van der Waals surface area (Å²) in [4.78, 5) is 50.7. The first-order chi connectivity index (χ1) is 19.2. The summed E-state index contributed by atoms with van der Waals surface area (Å²) in [6.45, 7) is 1.96. The number of benzene rings is 1. The molecule has 1 unspecified atom stereocenters. The van der Waals surface area contributed by atoms with E-state index in [1.807, 2.05) is 19.1 Å². The van der Waals surface area contributed by atoms with Gasteiger partial charge in [0.15, 0.2) is 5.78 Å². The SMILES string of the molecule is COc1cc(NC(=O)c2ccc(CN3C(=O)c4sc(Cl)cc4CC(=O)C3Cc3ccccn3)cc2Cl)ncc1C. The third-order valence-corrected chi connectivity index (χ3v) is 8.23. The van der Waals surface area contributed by atoms with Crippen molar-refractivity contribution in [1.29, 1.82) is 0 Å². The molecule has 4 heterocycles. The molecule has 0 spiro atoms. The number of thiophene rings is 1. The fraction of sp³-hybridized carbons (Fsp3) is 0.207.